The standard InChI is InChI=1S/C18H24ClN3O8S/c1-10-7-13(24)22(10)8-18(2,31(28)29)9-30-17(27)21-6-5-20-16(26)11-3-4-12(23)15(25)14(11)19/h3-4,10,23,25,31H,5-9H2,1-2H3,(H,20,26)(H,21,27)/t10-,18-/m1/s1. The fourth-order valence-corrected chi connectivity index (χ4v) is 3.50. The minimum Gasteiger partial charge on any atom is -0.504 e. The number of thiol groups is 1. The molecule has 0 bridgehead atoms. The van der Waals surface area contributed by atoms with Crippen molar-refractivity contribution in [2.75, 3.05) is 26.2 Å². The quantitative estimate of drug-likeness (QED) is 0.146. The summed E-state index contributed by atoms with van der Waals surface area (Å²) in [7, 11) is -2.98. The molecule has 13 heteroatoms. The van der Waals surface area contributed by atoms with Crippen LogP contribution in [-0.2, 0) is 20.2 Å². The lowest BCUT2D eigenvalue weighted by molar-refractivity contribution is -0.145. The lowest BCUT2D eigenvalue weighted by atomic mass is 10.0. The number of nitrogens with zero attached hydrogens (tertiary/aromatic N) is 1. The van der Waals surface area contributed by atoms with Crippen LogP contribution in [0.15, 0.2) is 12.1 Å². The van der Waals surface area contributed by atoms with E-state index in [0.29, 0.717) is 6.42 Å². The Kier molecular flexibility index (Phi) is 7.96. The largest absolute Gasteiger partial charge is 0.504 e. The number of carbonyl (C=O) groups excluding carboxylic acids is 3. The maximum Gasteiger partial charge on any atom is 0.407 e. The Bertz CT molecular complexity index is 946. The molecule has 1 aliphatic rings. The van der Waals surface area contributed by atoms with Crippen molar-refractivity contribution in [3.05, 3.63) is 22.7 Å². The highest BCUT2D eigenvalue weighted by Gasteiger charge is 2.41. The summed E-state index contributed by atoms with van der Waals surface area (Å²) in [6.07, 6.45) is -0.533. The van der Waals surface area contributed by atoms with Crippen molar-refractivity contribution in [1.29, 1.82) is 0 Å². The molecule has 1 aliphatic heterocycles. The summed E-state index contributed by atoms with van der Waals surface area (Å²) >= 11 is 5.80. The Morgan fingerprint density at radius 2 is 1.94 bits per heavy atom. The highest BCUT2D eigenvalue weighted by molar-refractivity contribution is 7.74. The van der Waals surface area contributed by atoms with Crippen LogP contribution in [0.25, 0.3) is 0 Å². The van der Waals surface area contributed by atoms with E-state index in [4.69, 9.17) is 16.3 Å². The smallest absolute Gasteiger partial charge is 0.407 e. The van der Waals surface area contributed by atoms with E-state index in [0.717, 1.165) is 6.07 Å². The van der Waals surface area contributed by atoms with E-state index in [-0.39, 0.29) is 42.2 Å². The Hall–Kier alpha value is -2.73. The van der Waals surface area contributed by atoms with Gasteiger partial charge in [-0.25, -0.2) is 13.2 Å². The Morgan fingerprint density at radius 3 is 2.52 bits per heavy atom. The van der Waals surface area contributed by atoms with E-state index < -0.39 is 45.6 Å². The number of likely N-dealkylation sites (tertiary alicyclic amines) is 1. The summed E-state index contributed by atoms with van der Waals surface area (Å²) in [5.74, 6) is -1.88. The molecule has 2 atom stereocenters. The summed E-state index contributed by atoms with van der Waals surface area (Å²) in [6, 6.07) is 2.27. The molecule has 0 aromatic heterocycles. The van der Waals surface area contributed by atoms with Crippen LogP contribution in [0.5, 0.6) is 11.5 Å². The second-order valence-corrected chi connectivity index (χ2v) is 9.35. The van der Waals surface area contributed by atoms with Crippen molar-refractivity contribution in [3.8, 4) is 11.5 Å². The van der Waals surface area contributed by atoms with Crippen molar-refractivity contribution in [2.24, 2.45) is 0 Å². The van der Waals surface area contributed by atoms with Crippen LogP contribution in [0.4, 0.5) is 4.79 Å². The van der Waals surface area contributed by atoms with Crippen LogP contribution in [0.2, 0.25) is 5.02 Å². The predicted octanol–water partition coefficient (Wildman–Crippen LogP) is 0.198. The van der Waals surface area contributed by atoms with Gasteiger partial charge in [-0.2, -0.15) is 0 Å². The topological polar surface area (TPSA) is 162 Å². The molecule has 1 saturated heterocycles. The minimum atomic E-state index is -2.98. The van der Waals surface area contributed by atoms with Gasteiger partial charge in [0.25, 0.3) is 5.91 Å². The second-order valence-electron chi connectivity index (χ2n) is 7.38. The summed E-state index contributed by atoms with van der Waals surface area (Å²) in [5.41, 5.74) is -0.0654. The molecule has 11 nitrogen and oxygen atoms in total. The minimum absolute atomic E-state index is 0.0151. The molecule has 31 heavy (non-hydrogen) atoms. The fourth-order valence-electron chi connectivity index (χ4n) is 2.82. The van der Waals surface area contributed by atoms with Gasteiger partial charge in [-0.3, -0.25) is 9.59 Å². The summed E-state index contributed by atoms with van der Waals surface area (Å²) in [4.78, 5) is 37.0. The van der Waals surface area contributed by atoms with Gasteiger partial charge in [0.05, 0.1) is 10.6 Å². The van der Waals surface area contributed by atoms with Crippen LogP contribution in [0, 0.1) is 0 Å². The fraction of sp³-hybridized carbons (Fsp3) is 0.500. The van der Waals surface area contributed by atoms with E-state index >= 15 is 0 Å². The number of phenols is 2. The average Bonchev–Trinajstić information content (AvgIpc) is 2.72. The van der Waals surface area contributed by atoms with Crippen molar-refractivity contribution < 1.29 is 37.8 Å². The number of benzene rings is 1. The Balaban J connectivity index is 1.78. The molecular weight excluding hydrogens is 454 g/mol. The van der Waals surface area contributed by atoms with Gasteiger partial charge in [0.15, 0.2) is 22.2 Å². The first-order valence-corrected chi connectivity index (χ1v) is 10.8. The highest BCUT2D eigenvalue weighted by atomic mass is 35.5. The molecule has 0 aliphatic carbocycles. The zero-order valence-corrected chi connectivity index (χ0v) is 18.5. The molecule has 3 amide bonds. The van der Waals surface area contributed by atoms with Crippen LogP contribution in [-0.4, -0.2) is 78.5 Å². The van der Waals surface area contributed by atoms with Gasteiger partial charge in [0, 0.05) is 32.1 Å². The zero-order valence-electron chi connectivity index (χ0n) is 16.9. The molecule has 172 valence electrons. The number of hydrogen-bond donors (Lipinski definition) is 5. The first-order valence-electron chi connectivity index (χ1n) is 9.29. The number of aromatic hydroxyl groups is 2. The number of rotatable bonds is 9. The molecular formula is C18H24ClN3O8S. The third-order valence-corrected chi connectivity index (χ3v) is 6.34. The lowest BCUT2D eigenvalue weighted by Gasteiger charge is -2.42. The number of halogens is 1. The van der Waals surface area contributed by atoms with Crippen molar-refractivity contribution in [3.63, 3.8) is 0 Å². The SMILES string of the molecule is C[C@@H]1CC(=O)N1C[C@](C)(COC(=O)NCCNC(=O)c1ccc(O)c(O)c1Cl)[SH](=O)=O. The number of phenolic OH excluding ortho intramolecular Hbond substituents is 2. The molecule has 1 fully saturated rings. The molecule has 1 aromatic carbocycles. The lowest BCUT2D eigenvalue weighted by Crippen LogP contribution is -2.58. The number of hydrogen-bond acceptors (Lipinski definition) is 8. The number of β-lactam (4-membered cyclic amide) rings is 1. The number of alkyl carbamates (subject to hydrolysis) is 1. The second kappa shape index (κ2) is 10.1. The molecule has 0 unspecified atom stereocenters. The Labute approximate surface area is 185 Å². The van der Waals surface area contributed by atoms with E-state index in [1.165, 1.54) is 17.9 Å². The van der Waals surface area contributed by atoms with Gasteiger partial charge in [0.2, 0.25) is 5.91 Å². The number of ether oxygens (including phenoxy) is 1. The van der Waals surface area contributed by atoms with Gasteiger partial charge in [-0.15, -0.1) is 0 Å². The molecule has 2 rings (SSSR count). The summed E-state index contributed by atoms with van der Waals surface area (Å²) in [5, 5.41) is 23.4. The van der Waals surface area contributed by atoms with Gasteiger partial charge in [0.1, 0.15) is 11.4 Å². The molecule has 0 saturated carbocycles. The third kappa shape index (κ3) is 5.91. The van der Waals surface area contributed by atoms with Crippen molar-refractivity contribution in [1.82, 2.24) is 15.5 Å². The van der Waals surface area contributed by atoms with Gasteiger partial charge >= 0.3 is 6.09 Å². The van der Waals surface area contributed by atoms with Gasteiger partial charge in [-0.05, 0) is 26.0 Å². The molecule has 0 spiro atoms. The number of nitrogens with one attached hydrogen (secondary N) is 2. The summed E-state index contributed by atoms with van der Waals surface area (Å²) in [6.45, 7) is 2.63. The molecule has 0 radical (unpaired) electrons. The third-order valence-electron chi connectivity index (χ3n) is 4.81. The predicted molar refractivity (Wildman–Crippen MR) is 111 cm³/mol. The van der Waals surface area contributed by atoms with E-state index in [1.807, 2.05) is 0 Å². The first-order chi connectivity index (χ1) is 14.5. The molecule has 1 aromatic rings. The maximum atomic E-state index is 12.1. The number of carbonyl (C=O) groups is 3. The number of amides is 3. The van der Waals surface area contributed by atoms with E-state index in [2.05, 4.69) is 10.6 Å². The normalized spacial score (nSPS) is 17.6. The molecule has 1 heterocycles. The van der Waals surface area contributed by atoms with E-state index in [9.17, 15) is 33.0 Å². The van der Waals surface area contributed by atoms with Crippen LogP contribution >= 0.6 is 11.6 Å². The summed E-state index contributed by atoms with van der Waals surface area (Å²) < 4.78 is 26.9. The van der Waals surface area contributed by atoms with Crippen LogP contribution in [0.1, 0.15) is 30.6 Å². The van der Waals surface area contributed by atoms with Crippen LogP contribution in [0.3, 0.4) is 0 Å². The van der Waals surface area contributed by atoms with Crippen molar-refractivity contribution >= 4 is 40.2 Å². The van der Waals surface area contributed by atoms with Crippen LogP contribution < -0.4 is 10.6 Å². The van der Waals surface area contributed by atoms with E-state index in [1.54, 1.807) is 6.92 Å². The van der Waals surface area contributed by atoms with Crippen molar-refractivity contribution in [2.45, 2.75) is 31.1 Å². The maximum absolute atomic E-state index is 12.1. The van der Waals surface area contributed by atoms with Gasteiger partial charge in [-0.1, -0.05) is 11.6 Å². The Morgan fingerprint density at radius 1 is 1.29 bits per heavy atom. The highest BCUT2D eigenvalue weighted by Crippen LogP contribution is 2.35. The first kappa shape index (κ1) is 24.5. The molecule has 4 N–H and O–H groups in total. The van der Waals surface area contributed by atoms with Gasteiger partial charge < -0.3 is 30.5 Å². The monoisotopic (exact) mass is 477 g/mol. The average molecular weight is 478 g/mol. The zero-order chi connectivity index (χ0) is 23.3.